The van der Waals surface area contributed by atoms with Crippen LogP contribution >= 0.6 is 0 Å². The fraction of sp³-hybridized carbons (Fsp3) is 0.483. The third-order valence-electron chi connectivity index (χ3n) is 7.62. The molecule has 2 aromatic carbocycles. The van der Waals surface area contributed by atoms with Gasteiger partial charge in [0.1, 0.15) is 0 Å². The van der Waals surface area contributed by atoms with Crippen LogP contribution in [0.3, 0.4) is 0 Å². The summed E-state index contributed by atoms with van der Waals surface area (Å²) < 4.78 is 0. The fourth-order valence-corrected chi connectivity index (χ4v) is 5.62. The lowest BCUT2D eigenvalue weighted by Crippen LogP contribution is -2.58. The lowest BCUT2D eigenvalue weighted by Gasteiger charge is -2.47. The molecule has 2 aliphatic rings. The van der Waals surface area contributed by atoms with E-state index in [9.17, 15) is 4.79 Å². The van der Waals surface area contributed by atoms with Gasteiger partial charge in [0.05, 0.1) is 11.9 Å². The first-order valence-electron chi connectivity index (χ1n) is 12.8. The molecule has 0 aliphatic carbocycles. The summed E-state index contributed by atoms with van der Waals surface area (Å²) in [6, 6.07) is 22.0. The summed E-state index contributed by atoms with van der Waals surface area (Å²) in [4.78, 5) is 20.4. The predicted molar refractivity (Wildman–Crippen MR) is 139 cm³/mol. The lowest BCUT2D eigenvalue weighted by molar-refractivity contribution is -0.139. The number of rotatable bonds is 7. The molecule has 0 saturated carbocycles. The molecule has 0 spiro atoms. The number of amides is 1. The summed E-state index contributed by atoms with van der Waals surface area (Å²) in [5, 5.41) is 0. The molecular formula is C29H40N4O. The van der Waals surface area contributed by atoms with E-state index in [-0.39, 0.29) is 12.1 Å². The molecule has 0 bridgehead atoms. The molecule has 2 aromatic rings. The highest BCUT2D eigenvalue weighted by molar-refractivity contribution is 5.77. The van der Waals surface area contributed by atoms with Crippen LogP contribution in [0.4, 0.5) is 0 Å². The zero-order valence-corrected chi connectivity index (χ0v) is 20.8. The Morgan fingerprint density at radius 1 is 0.941 bits per heavy atom. The maximum absolute atomic E-state index is 13.5. The van der Waals surface area contributed by atoms with Crippen LogP contribution in [0, 0.1) is 11.8 Å². The van der Waals surface area contributed by atoms with Crippen LogP contribution in [0.2, 0.25) is 0 Å². The van der Waals surface area contributed by atoms with Gasteiger partial charge in [-0.25, -0.2) is 0 Å². The minimum absolute atomic E-state index is 0.203. The van der Waals surface area contributed by atoms with Crippen LogP contribution in [0.1, 0.15) is 50.3 Å². The fourth-order valence-electron chi connectivity index (χ4n) is 5.62. The van der Waals surface area contributed by atoms with Crippen LogP contribution in [0.5, 0.6) is 0 Å². The van der Waals surface area contributed by atoms with Gasteiger partial charge < -0.3 is 15.5 Å². The van der Waals surface area contributed by atoms with Gasteiger partial charge in [-0.1, -0.05) is 81.1 Å². The third-order valence-corrected chi connectivity index (χ3v) is 7.62. The Hall–Kier alpha value is -2.79. The van der Waals surface area contributed by atoms with Crippen molar-refractivity contribution in [2.45, 2.75) is 45.2 Å². The van der Waals surface area contributed by atoms with Gasteiger partial charge in [0.25, 0.3) is 0 Å². The molecule has 0 unspecified atom stereocenters. The van der Waals surface area contributed by atoms with Crippen LogP contribution in [-0.2, 0) is 4.79 Å². The Bertz CT molecular complexity index is 898. The minimum Gasteiger partial charge on any atom is -0.386 e. The Kier molecular flexibility index (Phi) is 7.94. The molecule has 2 heterocycles. The van der Waals surface area contributed by atoms with Crippen molar-refractivity contribution in [1.29, 1.82) is 0 Å². The molecule has 34 heavy (non-hydrogen) atoms. The number of carbonyl (C=O) groups excluding carboxylic acids is 1. The molecule has 2 aliphatic heterocycles. The monoisotopic (exact) mass is 460 g/mol. The smallest absolute Gasteiger partial charge is 0.223 e. The number of carbonyl (C=O) groups is 1. The quantitative estimate of drug-likeness (QED) is 0.662. The second kappa shape index (κ2) is 11.1. The van der Waals surface area contributed by atoms with Crippen LogP contribution in [0.15, 0.2) is 73.1 Å². The number of benzene rings is 2. The number of piperidine rings is 1. The number of nitrogens with zero attached hydrogens (tertiary/aromatic N) is 3. The molecule has 5 heteroatoms. The molecule has 2 saturated heterocycles. The van der Waals surface area contributed by atoms with E-state index in [1.54, 1.807) is 0 Å². The van der Waals surface area contributed by atoms with E-state index in [1.165, 1.54) is 11.1 Å². The van der Waals surface area contributed by atoms with Crippen LogP contribution in [-0.4, -0.2) is 59.4 Å². The standard InChI is InChI=1S/C29H40N4O/c1-22(2)27-21-32(29(25-10-6-4-7-11-25)26-12-8-5-9-13-26)18-19-33(27)28(34)20-24-14-16-31(17-15-24)23(3)30/h4-13,22,24,27,29H,3,14-21,30H2,1-2H3/t27-/m1/s1. The molecule has 5 nitrogen and oxygen atoms in total. The molecule has 1 amide bonds. The molecule has 182 valence electrons. The number of hydrogen-bond donors (Lipinski definition) is 1. The summed E-state index contributed by atoms with van der Waals surface area (Å²) in [5.41, 5.74) is 8.47. The molecule has 0 radical (unpaired) electrons. The highest BCUT2D eigenvalue weighted by atomic mass is 16.2. The number of hydrogen-bond acceptors (Lipinski definition) is 4. The van der Waals surface area contributed by atoms with Crippen molar-refractivity contribution in [3.05, 3.63) is 84.2 Å². The van der Waals surface area contributed by atoms with E-state index in [0.29, 0.717) is 30.0 Å². The Morgan fingerprint density at radius 3 is 2.00 bits per heavy atom. The molecule has 0 aromatic heterocycles. The van der Waals surface area contributed by atoms with E-state index in [1.807, 2.05) is 0 Å². The molecule has 1 atom stereocenters. The Balaban J connectivity index is 1.47. The number of piperazine rings is 1. The predicted octanol–water partition coefficient (Wildman–Crippen LogP) is 4.48. The largest absolute Gasteiger partial charge is 0.386 e. The van der Waals surface area contributed by atoms with E-state index >= 15 is 0 Å². The van der Waals surface area contributed by atoms with E-state index in [0.717, 1.165) is 45.6 Å². The van der Waals surface area contributed by atoms with Gasteiger partial charge in [-0.3, -0.25) is 9.69 Å². The van der Waals surface area contributed by atoms with Crippen LogP contribution in [0.25, 0.3) is 0 Å². The molecule has 4 rings (SSSR count). The van der Waals surface area contributed by atoms with Crippen molar-refractivity contribution in [1.82, 2.24) is 14.7 Å². The van der Waals surface area contributed by atoms with Crippen molar-refractivity contribution >= 4 is 5.91 Å². The van der Waals surface area contributed by atoms with Gasteiger partial charge in [0.15, 0.2) is 0 Å². The highest BCUT2D eigenvalue weighted by Gasteiger charge is 2.36. The average Bonchev–Trinajstić information content (AvgIpc) is 2.86. The number of nitrogens with two attached hydrogens (primary N) is 1. The maximum atomic E-state index is 13.5. The molecule has 2 N–H and O–H groups in total. The molecular weight excluding hydrogens is 420 g/mol. The Labute approximate surface area is 205 Å². The van der Waals surface area contributed by atoms with Gasteiger partial charge in [0.2, 0.25) is 5.91 Å². The van der Waals surface area contributed by atoms with Gasteiger partial charge in [-0.15, -0.1) is 0 Å². The van der Waals surface area contributed by atoms with Gasteiger partial charge >= 0.3 is 0 Å². The zero-order chi connectivity index (χ0) is 24.1. The zero-order valence-electron chi connectivity index (χ0n) is 20.8. The van der Waals surface area contributed by atoms with E-state index < -0.39 is 0 Å². The van der Waals surface area contributed by atoms with Crippen molar-refractivity contribution in [3.63, 3.8) is 0 Å². The maximum Gasteiger partial charge on any atom is 0.223 e. The first kappa shape index (κ1) is 24.3. The summed E-state index contributed by atoms with van der Waals surface area (Å²) in [7, 11) is 0. The molecule has 2 fully saturated rings. The normalized spacial score (nSPS) is 20.2. The van der Waals surface area contributed by atoms with Gasteiger partial charge in [-0.05, 0) is 35.8 Å². The number of likely N-dealkylation sites (tertiary alicyclic amines) is 1. The summed E-state index contributed by atoms with van der Waals surface area (Å²) in [5.74, 6) is 1.81. The van der Waals surface area contributed by atoms with Crippen molar-refractivity contribution < 1.29 is 4.79 Å². The second-order valence-corrected chi connectivity index (χ2v) is 10.2. The first-order chi connectivity index (χ1) is 16.4. The van der Waals surface area contributed by atoms with Crippen molar-refractivity contribution in [3.8, 4) is 0 Å². The van der Waals surface area contributed by atoms with Crippen molar-refractivity contribution in [2.24, 2.45) is 17.6 Å². The third kappa shape index (κ3) is 5.64. The van der Waals surface area contributed by atoms with Crippen LogP contribution < -0.4 is 5.73 Å². The minimum atomic E-state index is 0.203. The summed E-state index contributed by atoms with van der Waals surface area (Å²) >= 11 is 0. The Morgan fingerprint density at radius 2 is 1.50 bits per heavy atom. The summed E-state index contributed by atoms with van der Waals surface area (Å²) in [6.45, 7) is 12.7. The second-order valence-electron chi connectivity index (χ2n) is 10.2. The summed E-state index contributed by atoms with van der Waals surface area (Å²) in [6.07, 6.45) is 2.67. The lowest BCUT2D eigenvalue weighted by atomic mass is 9.90. The van der Waals surface area contributed by atoms with E-state index in [4.69, 9.17) is 5.73 Å². The van der Waals surface area contributed by atoms with E-state index in [2.05, 4.69) is 95.8 Å². The topological polar surface area (TPSA) is 52.8 Å². The SMILES string of the molecule is C=C(N)N1CCC(CC(=O)N2CCN(C(c3ccccc3)c3ccccc3)C[C@@H]2C(C)C)CC1. The average molecular weight is 461 g/mol. The van der Waals surface area contributed by atoms with Gasteiger partial charge in [-0.2, -0.15) is 0 Å². The van der Waals surface area contributed by atoms with Gasteiger partial charge in [0, 0.05) is 45.2 Å². The first-order valence-corrected chi connectivity index (χ1v) is 12.8. The highest BCUT2D eigenvalue weighted by Crippen LogP contribution is 2.33. The van der Waals surface area contributed by atoms with Crippen molar-refractivity contribution in [2.75, 3.05) is 32.7 Å².